The standard InChI is InChI=1S/C17H13ClN2O4/c1-8(21)20-16-10-6-5-9(18)7-13(10)24-17(16,23)11-3-2-4-12(19)14(11)15(16)22/h2-7,23H,19H2,1H3,(H,20,21)/t16-,17-/m0/s1. The lowest BCUT2D eigenvalue weighted by Crippen LogP contribution is -2.59. The van der Waals surface area contributed by atoms with Gasteiger partial charge >= 0.3 is 0 Å². The maximum absolute atomic E-state index is 13.2. The third kappa shape index (κ3) is 1.54. The molecule has 24 heavy (non-hydrogen) atoms. The molecule has 4 N–H and O–H groups in total. The van der Waals surface area contributed by atoms with Crippen LogP contribution < -0.4 is 15.8 Å². The number of halogens is 1. The molecule has 6 nitrogen and oxygen atoms in total. The number of benzene rings is 2. The first-order chi connectivity index (χ1) is 11.3. The zero-order valence-corrected chi connectivity index (χ0v) is 13.3. The molecule has 7 heteroatoms. The number of nitrogens with one attached hydrogen (secondary N) is 1. The minimum absolute atomic E-state index is 0.148. The van der Waals surface area contributed by atoms with Gasteiger partial charge in [0.15, 0.2) is 0 Å². The van der Waals surface area contributed by atoms with Gasteiger partial charge in [-0.1, -0.05) is 29.8 Å². The number of amides is 1. The van der Waals surface area contributed by atoms with Crippen molar-refractivity contribution in [1.82, 2.24) is 5.32 Å². The van der Waals surface area contributed by atoms with E-state index in [-0.39, 0.29) is 22.6 Å². The molecule has 0 aromatic heterocycles. The number of aliphatic hydroxyl groups is 1. The lowest BCUT2D eigenvalue weighted by Gasteiger charge is -2.34. The summed E-state index contributed by atoms with van der Waals surface area (Å²) in [4.78, 5) is 25.1. The molecule has 0 radical (unpaired) electrons. The highest BCUT2D eigenvalue weighted by Gasteiger charge is 2.71. The Morgan fingerprint density at radius 1 is 1.29 bits per heavy atom. The maximum atomic E-state index is 13.2. The molecule has 0 bridgehead atoms. The van der Waals surface area contributed by atoms with Gasteiger partial charge in [0.05, 0.1) is 5.56 Å². The highest BCUT2D eigenvalue weighted by molar-refractivity contribution is 6.30. The van der Waals surface area contributed by atoms with Crippen molar-refractivity contribution in [3.63, 3.8) is 0 Å². The van der Waals surface area contributed by atoms with Gasteiger partial charge in [-0.05, 0) is 18.2 Å². The Hall–Kier alpha value is -2.57. The molecule has 122 valence electrons. The van der Waals surface area contributed by atoms with Crippen LogP contribution in [0.4, 0.5) is 5.69 Å². The van der Waals surface area contributed by atoms with E-state index in [4.69, 9.17) is 22.1 Å². The van der Waals surface area contributed by atoms with E-state index >= 15 is 0 Å². The van der Waals surface area contributed by atoms with Gasteiger partial charge in [0.2, 0.25) is 17.2 Å². The Morgan fingerprint density at radius 2 is 2.04 bits per heavy atom. The quantitative estimate of drug-likeness (QED) is 0.683. The SMILES string of the molecule is CC(=O)N[C@@]12C(=O)c3c(N)cccc3[C@]1(O)Oc1cc(Cl)ccc12. The number of nitrogen functional groups attached to an aromatic ring is 1. The topological polar surface area (TPSA) is 102 Å². The molecule has 1 amide bonds. The summed E-state index contributed by atoms with van der Waals surface area (Å²) >= 11 is 5.98. The Bertz CT molecular complexity index is 929. The summed E-state index contributed by atoms with van der Waals surface area (Å²) in [6.07, 6.45) is 0. The first kappa shape index (κ1) is 15.0. The molecular formula is C17H13ClN2O4. The van der Waals surface area contributed by atoms with Crippen molar-refractivity contribution in [3.8, 4) is 5.75 Å². The molecule has 2 aromatic rings. The number of hydrogen-bond acceptors (Lipinski definition) is 5. The summed E-state index contributed by atoms with van der Waals surface area (Å²) in [6, 6.07) is 9.36. The molecule has 4 rings (SSSR count). The molecule has 1 heterocycles. The van der Waals surface area contributed by atoms with E-state index in [1.165, 1.54) is 13.0 Å². The van der Waals surface area contributed by atoms with E-state index in [1.54, 1.807) is 30.3 Å². The van der Waals surface area contributed by atoms with E-state index in [1.807, 2.05) is 0 Å². The molecule has 0 saturated carbocycles. The smallest absolute Gasteiger partial charge is 0.271 e. The van der Waals surface area contributed by atoms with Crippen LogP contribution in [0, 0.1) is 0 Å². The van der Waals surface area contributed by atoms with Gasteiger partial charge in [-0.3, -0.25) is 9.59 Å². The predicted octanol–water partition coefficient (Wildman–Crippen LogP) is 1.69. The van der Waals surface area contributed by atoms with Gasteiger partial charge in [-0.25, -0.2) is 0 Å². The molecule has 2 aromatic carbocycles. The Morgan fingerprint density at radius 3 is 2.75 bits per heavy atom. The number of ketones is 1. The summed E-state index contributed by atoms with van der Waals surface area (Å²) in [5.41, 5.74) is 5.06. The van der Waals surface area contributed by atoms with Crippen LogP contribution in [0.2, 0.25) is 5.02 Å². The Labute approximate surface area is 142 Å². The third-order valence-electron chi connectivity index (χ3n) is 4.51. The number of Topliss-reactive ketones (excluding diaryl/α,β-unsaturated/α-hetero) is 1. The van der Waals surface area contributed by atoms with E-state index < -0.39 is 23.0 Å². The zero-order chi connectivity index (χ0) is 17.3. The Balaban J connectivity index is 2.08. The second-order valence-electron chi connectivity index (χ2n) is 5.92. The van der Waals surface area contributed by atoms with Crippen LogP contribution in [0.5, 0.6) is 5.75 Å². The van der Waals surface area contributed by atoms with E-state index in [2.05, 4.69) is 5.32 Å². The Kier molecular flexibility index (Phi) is 2.81. The normalized spacial score (nSPS) is 26.4. The third-order valence-corrected chi connectivity index (χ3v) is 4.74. The number of rotatable bonds is 1. The van der Waals surface area contributed by atoms with E-state index in [0.29, 0.717) is 10.6 Å². The molecule has 1 aliphatic carbocycles. The second kappa shape index (κ2) is 4.49. The molecule has 1 aliphatic heterocycles. The second-order valence-corrected chi connectivity index (χ2v) is 6.35. The van der Waals surface area contributed by atoms with Crippen LogP contribution in [-0.2, 0) is 16.1 Å². The number of nitrogens with two attached hydrogens (primary N) is 1. The van der Waals surface area contributed by atoms with Crippen LogP contribution in [0.25, 0.3) is 0 Å². The summed E-state index contributed by atoms with van der Waals surface area (Å²) < 4.78 is 5.74. The van der Waals surface area contributed by atoms with Crippen molar-refractivity contribution < 1.29 is 19.4 Å². The lowest BCUT2D eigenvalue weighted by atomic mass is 9.83. The van der Waals surface area contributed by atoms with Crippen LogP contribution in [0.3, 0.4) is 0 Å². The fourth-order valence-corrected chi connectivity index (χ4v) is 3.77. The average molecular weight is 345 g/mol. The van der Waals surface area contributed by atoms with Crippen molar-refractivity contribution >= 4 is 29.0 Å². The van der Waals surface area contributed by atoms with Gasteiger partial charge in [0, 0.05) is 28.8 Å². The van der Waals surface area contributed by atoms with Crippen LogP contribution >= 0.6 is 11.6 Å². The summed E-state index contributed by atoms with van der Waals surface area (Å²) in [5.74, 6) is -2.86. The lowest BCUT2D eigenvalue weighted by molar-refractivity contribution is -0.175. The van der Waals surface area contributed by atoms with Crippen molar-refractivity contribution in [2.45, 2.75) is 18.2 Å². The maximum Gasteiger partial charge on any atom is 0.271 e. The summed E-state index contributed by atoms with van der Waals surface area (Å²) in [6.45, 7) is 1.27. The summed E-state index contributed by atoms with van der Waals surface area (Å²) in [7, 11) is 0. The van der Waals surface area contributed by atoms with Gasteiger partial charge in [0.25, 0.3) is 5.79 Å². The molecule has 0 saturated heterocycles. The molecule has 0 unspecified atom stereocenters. The number of anilines is 1. The first-order valence-electron chi connectivity index (χ1n) is 7.25. The van der Waals surface area contributed by atoms with Gasteiger partial charge in [-0.15, -0.1) is 0 Å². The number of carbonyl (C=O) groups is 2. The molecule has 0 spiro atoms. The zero-order valence-electron chi connectivity index (χ0n) is 12.6. The molecule has 2 aliphatic rings. The van der Waals surface area contributed by atoms with Gasteiger partial charge < -0.3 is 20.9 Å². The number of fused-ring (bicyclic) bond motifs is 5. The molecular weight excluding hydrogens is 332 g/mol. The monoisotopic (exact) mass is 344 g/mol. The first-order valence-corrected chi connectivity index (χ1v) is 7.63. The van der Waals surface area contributed by atoms with Crippen molar-refractivity contribution in [2.75, 3.05) is 5.73 Å². The van der Waals surface area contributed by atoms with Gasteiger partial charge in [-0.2, -0.15) is 0 Å². The van der Waals surface area contributed by atoms with E-state index in [9.17, 15) is 14.7 Å². The molecule has 0 fully saturated rings. The van der Waals surface area contributed by atoms with Crippen LogP contribution in [0.15, 0.2) is 36.4 Å². The van der Waals surface area contributed by atoms with Crippen LogP contribution in [0.1, 0.15) is 28.4 Å². The predicted molar refractivity (Wildman–Crippen MR) is 86.7 cm³/mol. The van der Waals surface area contributed by atoms with Gasteiger partial charge in [0.1, 0.15) is 5.75 Å². The number of hydrogen-bond donors (Lipinski definition) is 3. The highest BCUT2D eigenvalue weighted by Crippen LogP contribution is 2.59. The van der Waals surface area contributed by atoms with Crippen molar-refractivity contribution in [3.05, 3.63) is 58.1 Å². The highest BCUT2D eigenvalue weighted by atomic mass is 35.5. The van der Waals surface area contributed by atoms with Crippen molar-refractivity contribution in [2.24, 2.45) is 0 Å². The fraction of sp³-hybridized carbons (Fsp3) is 0.176. The minimum Gasteiger partial charge on any atom is -0.454 e. The average Bonchev–Trinajstić information content (AvgIpc) is 2.84. The minimum atomic E-state index is -2.09. The number of carbonyl (C=O) groups excluding carboxylic acids is 2. The molecule has 2 atom stereocenters. The fourth-order valence-electron chi connectivity index (χ4n) is 3.61. The van der Waals surface area contributed by atoms with E-state index in [0.717, 1.165) is 0 Å². The summed E-state index contributed by atoms with van der Waals surface area (Å²) in [5, 5.41) is 14.3. The largest absolute Gasteiger partial charge is 0.454 e. The van der Waals surface area contributed by atoms with Crippen molar-refractivity contribution in [1.29, 1.82) is 0 Å². The number of ether oxygens (including phenoxy) is 1. The van der Waals surface area contributed by atoms with Crippen LogP contribution in [-0.4, -0.2) is 16.8 Å².